The van der Waals surface area contributed by atoms with E-state index < -0.39 is 10.8 Å². The summed E-state index contributed by atoms with van der Waals surface area (Å²) in [6.07, 6.45) is 0. The molecule has 0 spiro atoms. The fourth-order valence-corrected chi connectivity index (χ4v) is 4.17. The number of benzene rings is 3. The lowest BCUT2D eigenvalue weighted by Crippen LogP contribution is -2.12. The number of hydrogen-bond acceptors (Lipinski definition) is 5. The van der Waals surface area contributed by atoms with Gasteiger partial charge in [-0.1, -0.05) is 48.0 Å². The fourth-order valence-electron chi connectivity index (χ4n) is 3.06. The maximum absolute atomic E-state index is 12.5. The fraction of sp³-hybridized carbons (Fsp3) is 0.0435. The highest BCUT2D eigenvalue weighted by molar-refractivity contribution is 7.13. The number of nitro groups is 1. The lowest BCUT2D eigenvalue weighted by Gasteiger charge is -2.06. The van der Waals surface area contributed by atoms with Crippen molar-refractivity contribution in [3.05, 3.63) is 98.4 Å². The van der Waals surface area contributed by atoms with Gasteiger partial charge in [-0.2, -0.15) is 0 Å². The molecule has 1 heterocycles. The molecule has 0 aliphatic carbocycles. The van der Waals surface area contributed by atoms with Gasteiger partial charge in [0.1, 0.15) is 10.0 Å². The number of halogens is 1. The molecular weight excluding hydrogens is 434 g/mol. The van der Waals surface area contributed by atoms with Crippen molar-refractivity contribution >= 4 is 40.2 Å². The van der Waals surface area contributed by atoms with E-state index in [0.717, 1.165) is 27.9 Å². The van der Waals surface area contributed by atoms with Crippen LogP contribution in [0.4, 0.5) is 11.4 Å². The van der Waals surface area contributed by atoms with Crippen molar-refractivity contribution in [1.29, 1.82) is 0 Å². The third-order valence-electron chi connectivity index (χ3n) is 4.72. The van der Waals surface area contributed by atoms with Gasteiger partial charge >= 0.3 is 0 Å². The van der Waals surface area contributed by atoms with Crippen LogP contribution >= 0.6 is 22.9 Å². The predicted octanol–water partition coefficient (Wildman–Crippen LogP) is 6.60. The summed E-state index contributed by atoms with van der Waals surface area (Å²) >= 11 is 7.38. The van der Waals surface area contributed by atoms with E-state index in [2.05, 4.69) is 24.4 Å². The van der Waals surface area contributed by atoms with Crippen LogP contribution in [0.3, 0.4) is 0 Å². The van der Waals surface area contributed by atoms with E-state index >= 15 is 0 Å². The van der Waals surface area contributed by atoms with Gasteiger partial charge in [0.05, 0.1) is 10.6 Å². The van der Waals surface area contributed by atoms with Crippen molar-refractivity contribution in [2.45, 2.75) is 6.92 Å². The van der Waals surface area contributed by atoms with Gasteiger partial charge in [0.15, 0.2) is 0 Å². The number of amides is 1. The summed E-state index contributed by atoms with van der Waals surface area (Å²) in [6.45, 7) is 2.06. The average molecular weight is 450 g/mol. The zero-order valence-electron chi connectivity index (χ0n) is 16.3. The van der Waals surface area contributed by atoms with E-state index in [1.54, 1.807) is 23.5 Å². The van der Waals surface area contributed by atoms with Gasteiger partial charge in [-0.05, 0) is 36.8 Å². The Morgan fingerprint density at radius 1 is 1.10 bits per heavy atom. The van der Waals surface area contributed by atoms with Crippen molar-refractivity contribution in [2.75, 3.05) is 5.32 Å². The van der Waals surface area contributed by atoms with Crippen LogP contribution in [0.5, 0.6) is 0 Å². The first-order chi connectivity index (χ1) is 14.9. The number of carbonyl (C=O) groups excluding carboxylic acids is 1. The highest BCUT2D eigenvalue weighted by atomic mass is 35.5. The summed E-state index contributed by atoms with van der Waals surface area (Å²) in [5.41, 5.74) is 4.48. The second kappa shape index (κ2) is 8.67. The number of aryl methyl sites for hydroxylation is 1. The van der Waals surface area contributed by atoms with E-state index in [4.69, 9.17) is 16.6 Å². The van der Waals surface area contributed by atoms with Crippen molar-refractivity contribution in [3.63, 3.8) is 0 Å². The number of carbonyl (C=O) groups is 1. The molecular formula is C23H16ClN3O3S. The molecule has 0 radical (unpaired) electrons. The monoisotopic (exact) mass is 449 g/mol. The average Bonchev–Trinajstić information content (AvgIpc) is 3.24. The number of nitrogens with one attached hydrogen (secondary N) is 1. The molecule has 4 rings (SSSR count). The van der Waals surface area contributed by atoms with Gasteiger partial charge in [-0.3, -0.25) is 14.9 Å². The summed E-state index contributed by atoms with van der Waals surface area (Å²) < 4.78 is 0. The van der Waals surface area contributed by atoms with Crippen LogP contribution in [0.1, 0.15) is 15.9 Å². The van der Waals surface area contributed by atoms with Crippen LogP contribution in [0.25, 0.3) is 21.8 Å². The van der Waals surface area contributed by atoms with Gasteiger partial charge in [0.25, 0.3) is 11.6 Å². The summed E-state index contributed by atoms with van der Waals surface area (Å²) in [5.74, 6) is -0.456. The topological polar surface area (TPSA) is 85.1 Å². The molecule has 0 aliphatic heterocycles. The van der Waals surface area contributed by atoms with Gasteiger partial charge in [0.2, 0.25) is 0 Å². The Morgan fingerprint density at radius 2 is 1.84 bits per heavy atom. The van der Waals surface area contributed by atoms with Crippen LogP contribution in [-0.4, -0.2) is 15.8 Å². The molecule has 0 saturated carbocycles. The third kappa shape index (κ3) is 4.47. The van der Waals surface area contributed by atoms with Gasteiger partial charge in [-0.25, -0.2) is 4.98 Å². The molecule has 0 saturated heterocycles. The molecule has 8 heteroatoms. The molecule has 0 fully saturated rings. The van der Waals surface area contributed by atoms with Crippen LogP contribution in [0.15, 0.2) is 72.1 Å². The Labute approximate surface area is 187 Å². The number of hydrogen-bond donors (Lipinski definition) is 1. The summed E-state index contributed by atoms with van der Waals surface area (Å²) in [6, 6.07) is 19.3. The molecule has 6 nitrogen and oxygen atoms in total. The minimum Gasteiger partial charge on any atom is -0.322 e. The molecule has 31 heavy (non-hydrogen) atoms. The van der Waals surface area contributed by atoms with Gasteiger partial charge in [0, 0.05) is 33.8 Å². The molecule has 1 amide bonds. The molecule has 0 unspecified atom stereocenters. The third-order valence-corrected chi connectivity index (χ3v) is 5.92. The Kier molecular flexibility index (Phi) is 5.79. The van der Waals surface area contributed by atoms with Gasteiger partial charge in [-0.15, -0.1) is 11.3 Å². The number of anilines is 1. The first-order valence-electron chi connectivity index (χ1n) is 9.29. The highest BCUT2D eigenvalue weighted by Gasteiger charge is 2.16. The minimum absolute atomic E-state index is 0.0146. The minimum atomic E-state index is -0.618. The Hall–Kier alpha value is -3.55. The second-order valence-corrected chi connectivity index (χ2v) is 8.07. The van der Waals surface area contributed by atoms with Crippen molar-refractivity contribution in [3.8, 4) is 21.8 Å². The number of thiazole rings is 1. The molecule has 154 valence electrons. The molecule has 1 N–H and O–H groups in total. The van der Waals surface area contributed by atoms with Crippen LogP contribution in [0.2, 0.25) is 5.02 Å². The van der Waals surface area contributed by atoms with E-state index in [-0.39, 0.29) is 16.3 Å². The zero-order valence-corrected chi connectivity index (χ0v) is 17.9. The zero-order chi connectivity index (χ0) is 22.0. The smallest absolute Gasteiger partial charge is 0.288 e. The first-order valence-corrected chi connectivity index (χ1v) is 10.6. The maximum atomic E-state index is 12.5. The molecule has 4 aromatic rings. The predicted molar refractivity (Wildman–Crippen MR) is 124 cm³/mol. The standard InChI is InChI=1S/C23H16ClN3O3S/c1-14-4-2-3-5-18(14)23-26-20(13-31-23)15-6-9-17(10-7-15)25-22(28)16-8-11-19(24)21(12-16)27(29)30/h2-13H,1H3,(H,25,28). The quantitative estimate of drug-likeness (QED) is 0.274. The van der Waals surface area contributed by atoms with Crippen molar-refractivity contribution in [2.24, 2.45) is 0 Å². The van der Waals surface area contributed by atoms with E-state index in [0.29, 0.717) is 5.69 Å². The number of aromatic nitrogens is 1. The summed E-state index contributed by atoms with van der Waals surface area (Å²) in [7, 11) is 0. The lowest BCUT2D eigenvalue weighted by molar-refractivity contribution is -0.384. The van der Waals surface area contributed by atoms with E-state index in [1.807, 2.05) is 29.6 Å². The number of nitro benzene ring substituents is 1. The van der Waals surface area contributed by atoms with Crippen LogP contribution in [0, 0.1) is 17.0 Å². The van der Waals surface area contributed by atoms with Crippen LogP contribution < -0.4 is 5.32 Å². The maximum Gasteiger partial charge on any atom is 0.288 e. The van der Waals surface area contributed by atoms with Gasteiger partial charge < -0.3 is 5.32 Å². The lowest BCUT2D eigenvalue weighted by atomic mass is 10.1. The Bertz CT molecular complexity index is 1290. The molecule has 1 aromatic heterocycles. The van der Waals surface area contributed by atoms with E-state index in [9.17, 15) is 14.9 Å². The molecule has 3 aromatic carbocycles. The van der Waals surface area contributed by atoms with E-state index in [1.165, 1.54) is 17.7 Å². The molecule has 0 bridgehead atoms. The molecule has 0 atom stereocenters. The number of rotatable bonds is 5. The summed E-state index contributed by atoms with van der Waals surface area (Å²) in [4.78, 5) is 27.6. The summed E-state index contributed by atoms with van der Waals surface area (Å²) in [5, 5.41) is 16.7. The van der Waals surface area contributed by atoms with Crippen molar-refractivity contribution in [1.82, 2.24) is 4.98 Å². The van der Waals surface area contributed by atoms with Crippen molar-refractivity contribution < 1.29 is 9.72 Å². The molecule has 0 aliphatic rings. The number of nitrogens with zero attached hydrogens (tertiary/aromatic N) is 2. The van der Waals surface area contributed by atoms with Crippen LogP contribution in [-0.2, 0) is 0 Å². The first kappa shape index (κ1) is 20.7. The largest absolute Gasteiger partial charge is 0.322 e. The Morgan fingerprint density at radius 3 is 2.55 bits per heavy atom. The SMILES string of the molecule is Cc1ccccc1-c1nc(-c2ccc(NC(=O)c3ccc(Cl)c([N+](=O)[O-])c3)cc2)cs1. The Balaban J connectivity index is 1.50. The highest BCUT2D eigenvalue weighted by Crippen LogP contribution is 2.31. The second-order valence-electron chi connectivity index (χ2n) is 6.81. The normalized spacial score (nSPS) is 10.6.